The molecule has 0 bridgehead atoms. The first-order valence-electron chi connectivity index (χ1n) is 6.82. The Morgan fingerprint density at radius 2 is 2.05 bits per heavy atom. The molecule has 0 radical (unpaired) electrons. The lowest BCUT2D eigenvalue weighted by Gasteiger charge is -2.27. The minimum atomic E-state index is -0.0200. The lowest BCUT2D eigenvalue weighted by atomic mass is 9.89. The van der Waals surface area contributed by atoms with Crippen molar-refractivity contribution < 1.29 is 9.90 Å². The second kappa shape index (κ2) is 6.42. The van der Waals surface area contributed by atoms with Gasteiger partial charge in [-0.05, 0) is 52.9 Å². The van der Waals surface area contributed by atoms with Gasteiger partial charge in [0.25, 0.3) is 5.91 Å². The van der Waals surface area contributed by atoms with E-state index in [0.717, 1.165) is 6.54 Å². The molecule has 0 aliphatic heterocycles. The number of halogens is 1. The topological polar surface area (TPSA) is 40.5 Å². The van der Waals surface area contributed by atoms with Crippen LogP contribution in [0.1, 0.15) is 42.5 Å². The standard InChI is InChI=1S/C15H20BrNO2/c1-17(10-11-5-3-2-4-6-11)15(19)12-7-8-13(16)14(18)9-12/h7-9,11,18H,2-6,10H2,1H3. The Labute approximate surface area is 122 Å². The third kappa shape index (κ3) is 3.72. The first-order chi connectivity index (χ1) is 9.08. The summed E-state index contributed by atoms with van der Waals surface area (Å²) in [5, 5.41) is 9.63. The zero-order chi connectivity index (χ0) is 13.8. The van der Waals surface area contributed by atoms with Crippen molar-refractivity contribution in [2.75, 3.05) is 13.6 Å². The highest BCUT2D eigenvalue weighted by atomic mass is 79.9. The SMILES string of the molecule is CN(CC1CCCCC1)C(=O)c1ccc(Br)c(O)c1. The van der Waals surface area contributed by atoms with Crippen LogP contribution < -0.4 is 0 Å². The van der Waals surface area contributed by atoms with E-state index in [9.17, 15) is 9.90 Å². The quantitative estimate of drug-likeness (QED) is 0.918. The molecule has 0 saturated heterocycles. The van der Waals surface area contributed by atoms with E-state index in [1.807, 2.05) is 7.05 Å². The van der Waals surface area contributed by atoms with Gasteiger partial charge in [0.2, 0.25) is 0 Å². The Morgan fingerprint density at radius 1 is 1.37 bits per heavy atom. The fraction of sp³-hybridized carbons (Fsp3) is 0.533. The van der Waals surface area contributed by atoms with Gasteiger partial charge in [0.1, 0.15) is 5.75 Å². The molecule has 1 N–H and O–H groups in total. The molecule has 19 heavy (non-hydrogen) atoms. The van der Waals surface area contributed by atoms with Crippen LogP contribution in [0.2, 0.25) is 0 Å². The van der Waals surface area contributed by atoms with Crippen molar-refractivity contribution in [2.45, 2.75) is 32.1 Å². The molecule has 0 aromatic heterocycles. The molecule has 104 valence electrons. The Kier molecular flexibility index (Phi) is 4.86. The number of benzene rings is 1. The molecular weight excluding hydrogens is 306 g/mol. The maximum Gasteiger partial charge on any atom is 0.253 e. The Morgan fingerprint density at radius 3 is 2.68 bits per heavy atom. The molecule has 1 aromatic carbocycles. The van der Waals surface area contributed by atoms with Crippen molar-refractivity contribution in [3.8, 4) is 5.75 Å². The predicted octanol–water partition coefficient (Wildman–Crippen LogP) is 3.81. The minimum Gasteiger partial charge on any atom is -0.507 e. The Balaban J connectivity index is 1.99. The van der Waals surface area contributed by atoms with Gasteiger partial charge in [-0.1, -0.05) is 19.3 Å². The zero-order valence-electron chi connectivity index (χ0n) is 11.2. The van der Waals surface area contributed by atoms with Gasteiger partial charge < -0.3 is 10.0 Å². The lowest BCUT2D eigenvalue weighted by Crippen LogP contribution is -2.32. The average Bonchev–Trinajstić information content (AvgIpc) is 2.42. The average molecular weight is 326 g/mol. The highest BCUT2D eigenvalue weighted by Gasteiger charge is 2.19. The molecule has 0 unspecified atom stereocenters. The second-order valence-electron chi connectivity index (χ2n) is 5.36. The van der Waals surface area contributed by atoms with E-state index in [-0.39, 0.29) is 11.7 Å². The number of phenols is 1. The van der Waals surface area contributed by atoms with Crippen LogP contribution in [0.15, 0.2) is 22.7 Å². The highest BCUT2D eigenvalue weighted by molar-refractivity contribution is 9.10. The summed E-state index contributed by atoms with van der Waals surface area (Å²) in [6, 6.07) is 4.96. The smallest absolute Gasteiger partial charge is 0.253 e. The fourth-order valence-electron chi connectivity index (χ4n) is 2.71. The molecule has 1 fully saturated rings. The van der Waals surface area contributed by atoms with Gasteiger partial charge in [0, 0.05) is 19.2 Å². The summed E-state index contributed by atoms with van der Waals surface area (Å²) in [5.41, 5.74) is 0.541. The van der Waals surface area contributed by atoms with Crippen LogP contribution in [-0.4, -0.2) is 29.5 Å². The zero-order valence-corrected chi connectivity index (χ0v) is 12.8. The number of amides is 1. The van der Waals surface area contributed by atoms with Crippen LogP contribution in [0.5, 0.6) is 5.75 Å². The molecular formula is C15H20BrNO2. The molecule has 4 heteroatoms. The number of hydrogen-bond acceptors (Lipinski definition) is 2. The third-order valence-electron chi connectivity index (χ3n) is 3.80. The van der Waals surface area contributed by atoms with Gasteiger partial charge in [-0.3, -0.25) is 4.79 Å². The number of aromatic hydroxyl groups is 1. The van der Waals surface area contributed by atoms with Gasteiger partial charge in [0.05, 0.1) is 4.47 Å². The summed E-state index contributed by atoms with van der Waals surface area (Å²) < 4.78 is 0.610. The normalized spacial score (nSPS) is 16.3. The number of hydrogen-bond donors (Lipinski definition) is 1. The summed E-state index contributed by atoms with van der Waals surface area (Å²) >= 11 is 3.22. The van der Waals surface area contributed by atoms with E-state index in [0.29, 0.717) is 16.0 Å². The van der Waals surface area contributed by atoms with Crippen molar-refractivity contribution in [1.82, 2.24) is 4.90 Å². The van der Waals surface area contributed by atoms with Gasteiger partial charge >= 0.3 is 0 Å². The van der Waals surface area contributed by atoms with Crippen LogP contribution in [0.25, 0.3) is 0 Å². The molecule has 1 aliphatic rings. The summed E-state index contributed by atoms with van der Waals surface area (Å²) in [7, 11) is 1.84. The molecule has 1 amide bonds. The maximum absolute atomic E-state index is 12.3. The first-order valence-corrected chi connectivity index (χ1v) is 7.61. The third-order valence-corrected chi connectivity index (χ3v) is 4.47. The summed E-state index contributed by atoms with van der Waals surface area (Å²) in [4.78, 5) is 14.1. The van der Waals surface area contributed by atoms with Crippen LogP contribution in [-0.2, 0) is 0 Å². The van der Waals surface area contributed by atoms with Gasteiger partial charge in [-0.15, -0.1) is 0 Å². The first kappa shape index (κ1) is 14.4. The van der Waals surface area contributed by atoms with Crippen molar-refractivity contribution in [3.05, 3.63) is 28.2 Å². The van der Waals surface area contributed by atoms with Crippen LogP contribution in [0.3, 0.4) is 0 Å². The fourth-order valence-corrected chi connectivity index (χ4v) is 2.95. The minimum absolute atomic E-state index is 0.0200. The molecule has 3 nitrogen and oxygen atoms in total. The number of phenolic OH excluding ortho intramolecular Hbond substituents is 1. The van der Waals surface area contributed by atoms with Crippen LogP contribution >= 0.6 is 15.9 Å². The van der Waals surface area contributed by atoms with Crippen molar-refractivity contribution in [2.24, 2.45) is 5.92 Å². The Hall–Kier alpha value is -1.03. The van der Waals surface area contributed by atoms with E-state index in [2.05, 4.69) is 15.9 Å². The number of carbonyl (C=O) groups is 1. The molecule has 1 saturated carbocycles. The molecule has 1 aliphatic carbocycles. The molecule has 0 heterocycles. The van der Waals surface area contributed by atoms with Crippen LogP contribution in [0, 0.1) is 5.92 Å². The molecule has 0 atom stereocenters. The number of nitrogens with zero attached hydrogens (tertiary/aromatic N) is 1. The van der Waals surface area contributed by atoms with Crippen molar-refractivity contribution in [1.29, 1.82) is 0 Å². The second-order valence-corrected chi connectivity index (χ2v) is 6.21. The van der Waals surface area contributed by atoms with E-state index in [1.165, 1.54) is 38.2 Å². The van der Waals surface area contributed by atoms with E-state index in [4.69, 9.17) is 0 Å². The highest BCUT2D eigenvalue weighted by Crippen LogP contribution is 2.26. The lowest BCUT2D eigenvalue weighted by molar-refractivity contribution is 0.0760. The van der Waals surface area contributed by atoms with E-state index >= 15 is 0 Å². The van der Waals surface area contributed by atoms with Gasteiger partial charge in [-0.25, -0.2) is 0 Å². The van der Waals surface area contributed by atoms with Crippen molar-refractivity contribution in [3.63, 3.8) is 0 Å². The maximum atomic E-state index is 12.3. The monoisotopic (exact) mass is 325 g/mol. The number of rotatable bonds is 3. The summed E-state index contributed by atoms with van der Waals surface area (Å²) in [6.07, 6.45) is 6.35. The molecule has 1 aromatic rings. The van der Waals surface area contributed by atoms with Crippen LogP contribution in [0.4, 0.5) is 0 Å². The Bertz CT molecular complexity index is 455. The summed E-state index contributed by atoms with van der Waals surface area (Å²) in [6.45, 7) is 0.815. The summed E-state index contributed by atoms with van der Waals surface area (Å²) in [5.74, 6) is 0.719. The molecule has 2 rings (SSSR count). The van der Waals surface area contributed by atoms with Gasteiger partial charge in [0.15, 0.2) is 0 Å². The van der Waals surface area contributed by atoms with Crippen molar-refractivity contribution >= 4 is 21.8 Å². The number of carbonyl (C=O) groups excluding carboxylic acids is 1. The largest absolute Gasteiger partial charge is 0.507 e. The molecule has 0 spiro atoms. The van der Waals surface area contributed by atoms with Gasteiger partial charge in [-0.2, -0.15) is 0 Å². The van der Waals surface area contributed by atoms with E-state index < -0.39 is 0 Å². The predicted molar refractivity (Wildman–Crippen MR) is 79.3 cm³/mol. The van der Waals surface area contributed by atoms with E-state index in [1.54, 1.807) is 17.0 Å².